The Labute approximate surface area is 88.7 Å². The van der Waals surface area contributed by atoms with Gasteiger partial charge in [0.25, 0.3) is 0 Å². The lowest BCUT2D eigenvalue weighted by atomic mass is 10.0. The van der Waals surface area contributed by atoms with Gasteiger partial charge in [-0.3, -0.25) is 0 Å². The molecular formula is C10H14FNOS. The fraction of sp³-hybridized carbons (Fsp3) is 0.400. The molecule has 0 saturated carbocycles. The van der Waals surface area contributed by atoms with Gasteiger partial charge in [-0.1, -0.05) is 12.1 Å². The van der Waals surface area contributed by atoms with Crippen LogP contribution in [-0.2, 0) is 4.74 Å². The second-order valence-corrected chi connectivity index (χ2v) is 3.58. The summed E-state index contributed by atoms with van der Waals surface area (Å²) in [6.07, 6.45) is -0.395. The molecule has 1 aromatic rings. The Morgan fingerprint density at radius 1 is 1.43 bits per heavy atom. The molecule has 0 aromatic heterocycles. The quantitative estimate of drug-likeness (QED) is 0.753. The number of methoxy groups -OCH3 is 1. The van der Waals surface area contributed by atoms with Crippen LogP contribution >= 0.6 is 12.6 Å². The van der Waals surface area contributed by atoms with E-state index in [4.69, 9.17) is 10.5 Å². The second-order valence-electron chi connectivity index (χ2n) is 3.07. The molecule has 78 valence electrons. The highest BCUT2D eigenvalue weighted by atomic mass is 32.1. The first-order valence-corrected chi connectivity index (χ1v) is 4.77. The third-order valence-electron chi connectivity index (χ3n) is 2.04. The molecule has 0 aliphatic carbocycles. The molecule has 0 spiro atoms. The van der Waals surface area contributed by atoms with Crippen molar-refractivity contribution in [3.05, 3.63) is 29.8 Å². The summed E-state index contributed by atoms with van der Waals surface area (Å²) >= 11 is 4.16. The van der Waals surface area contributed by atoms with Crippen molar-refractivity contribution in [2.75, 3.05) is 13.8 Å². The van der Waals surface area contributed by atoms with Gasteiger partial charge in [0.15, 0.2) is 0 Å². The Bertz CT molecular complexity index is 278. The zero-order valence-electron chi connectivity index (χ0n) is 7.98. The van der Waals surface area contributed by atoms with Gasteiger partial charge in [0, 0.05) is 12.0 Å². The molecule has 2 atom stereocenters. The highest BCUT2D eigenvalue weighted by molar-refractivity contribution is 7.80. The second kappa shape index (κ2) is 5.34. The first kappa shape index (κ1) is 11.5. The number of nitrogens with two attached hydrogens (primary N) is 1. The lowest BCUT2D eigenvalue weighted by Gasteiger charge is -2.20. The van der Waals surface area contributed by atoms with Crippen molar-refractivity contribution in [3.63, 3.8) is 0 Å². The van der Waals surface area contributed by atoms with Crippen molar-refractivity contribution in [2.45, 2.75) is 17.0 Å². The van der Waals surface area contributed by atoms with Crippen molar-refractivity contribution < 1.29 is 9.13 Å². The average Bonchev–Trinajstić information content (AvgIpc) is 2.21. The number of benzene rings is 1. The minimum Gasteiger partial charge on any atom is -0.375 e. The van der Waals surface area contributed by atoms with E-state index in [9.17, 15) is 4.39 Å². The molecule has 14 heavy (non-hydrogen) atoms. The first-order valence-electron chi connectivity index (χ1n) is 4.32. The molecule has 4 heteroatoms. The number of alkyl halides is 1. The van der Waals surface area contributed by atoms with Crippen LogP contribution < -0.4 is 5.73 Å². The van der Waals surface area contributed by atoms with Crippen LogP contribution in [0.5, 0.6) is 0 Å². The SMILES string of the molecule is COC(c1ccc(S)cc1)C(N)CF. The molecule has 2 N–H and O–H groups in total. The van der Waals surface area contributed by atoms with Crippen LogP contribution in [-0.4, -0.2) is 19.8 Å². The topological polar surface area (TPSA) is 35.2 Å². The Balaban J connectivity index is 2.84. The number of hydrogen-bond acceptors (Lipinski definition) is 3. The number of halogens is 1. The maximum absolute atomic E-state index is 12.4. The average molecular weight is 215 g/mol. The van der Waals surface area contributed by atoms with E-state index in [0.29, 0.717) is 0 Å². The molecule has 0 aliphatic heterocycles. The van der Waals surface area contributed by atoms with E-state index in [1.165, 1.54) is 7.11 Å². The minimum atomic E-state index is -0.620. The van der Waals surface area contributed by atoms with Gasteiger partial charge in [-0.15, -0.1) is 12.6 Å². The monoisotopic (exact) mass is 215 g/mol. The number of ether oxygens (including phenoxy) is 1. The van der Waals surface area contributed by atoms with E-state index in [1.54, 1.807) is 0 Å². The fourth-order valence-electron chi connectivity index (χ4n) is 1.30. The van der Waals surface area contributed by atoms with Crippen molar-refractivity contribution in [3.8, 4) is 0 Å². The molecular weight excluding hydrogens is 201 g/mol. The van der Waals surface area contributed by atoms with Crippen LogP contribution in [0.15, 0.2) is 29.2 Å². The van der Waals surface area contributed by atoms with E-state index in [-0.39, 0.29) is 0 Å². The van der Waals surface area contributed by atoms with Gasteiger partial charge >= 0.3 is 0 Å². The van der Waals surface area contributed by atoms with Crippen LogP contribution in [0.25, 0.3) is 0 Å². The van der Waals surface area contributed by atoms with Gasteiger partial charge in [-0.05, 0) is 17.7 Å². The third kappa shape index (κ3) is 2.70. The van der Waals surface area contributed by atoms with Crippen molar-refractivity contribution in [1.82, 2.24) is 0 Å². The summed E-state index contributed by atoms with van der Waals surface area (Å²) in [4.78, 5) is 0.859. The highest BCUT2D eigenvalue weighted by Crippen LogP contribution is 2.21. The Kier molecular flexibility index (Phi) is 4.38. The molecule has 1 rings (SSSR count). The molecule has 0 saturated heterocycles. The molecule has 0 heterocycles. The largest absolute Gasteiger partial charge is 0.375 e. The molecule has 0 radical (unpaired) electrons. The predicted molar refractivity (Wildman–Crippen MR) is 57.4 cm³/mol. The summed E-state index contributed by atoms with van der Waals surface area (Å²) < 4.78 is 17.5. The standard InChI is InChI=1S/C10H14FNOS/c1-13-10(9(12)6-11)7-2-4-8(14)5-3-7/h2-5,9-10,14H,6,12H2,1H3. The molecule has 0 amide bonds. The summed E-state index contributed by atoms with van der Waals surface area (Å²) in [5, 5.41) is 0. The van der Waals surface area contributed by atoms with E-state index in [0.717, 1.165) is 10.5 Å². The molecule has 1 aromatic carbocycles. The van der Waals surface area contributed by atoms with Crippen LogP contribution in [0, 0.1) is 0 Å². The molecule has 0 bridgehead atoms. The third-order valence-corrected chi connectivity index (χ3v) is 2.34. The van der Waals surface area contributed by atoms with Gasteiger partial charge < -0.3 is 10.5 Å². The van der Waals surface area contributed by atoms with Crippen LogP contribution in [0.3, 0.4) is 0 Å². The summed E-state index contributed by atoms with van der Waals surface area (Å²) in [5.41, 5.74) is 6.45. The Hall–Kier alpha value is -0.580. The summed E-state index contributed by atoms with van der Waals surface area (Å²) in [5.74, 6) is 0. The summed E-state index contributed by atoms with van der Waals surface area (Å²) in [6, 6.07) is 6.72. The zero-order valence-corrected chi connectivity index (χ0v) is 8.88. The van der Waals surface area contributed by atoms with Gasteiger partial charge in [0.1, 0.15) is 6.67 Å². The predicted octanol–water partition coefficient (Wildman–Crippen LogP) is 1.96. The van der Waals surface area contributed by atoms with Gasteiger partial charge in [0.2, 0.25) is 0 Å². The van der Waals surface area contributed by atoms with Gasteiger partial charge in [-0.2, -0.15) is 0 Å². The van der Waals surface area contributed by atoms with E-state index < -0.39 is 18.8 Å². The summed E-state index contributed by atoms with van der Waals surface area (Å²) in [7, 11) is 1.52. The maximum Gasteiger partial charge on any atom is 0.107 e. The number of thiol groups is 1. The van der Waals surface area contributed by atoms with E-state index >= 15 is 0 Å². The first-order chi connectivity index (χ1) is 6.69. The van der Waals surface area contributed by atoms with Crippen LogP contribution in [0.2, 0.25) is 0 Å². The zero-order chi connectivity index (χ0) is 10.6. The highest BCUT2D eigenvalue weighted by Gasteiger charge is 2.18. The number of hydrogen-bond donors (Lipinski definition) is 2. The Morgan fingerprint density at radius 2 is 2.00 bits per heavy atom. The molecule has 2 unspecified atom stereocenters. The van der Waals surface area contributed by atoms with Crippen LogP contribution in [0.4, 0.5) is 4.39 Å². The van der Waals surface area contributed by atoms with Crippen molar-refractivity contribution >= 4 is 12.6 Å². The summed E-state index contributed by atoms with van der Waals surface area (Å²) in [6.45, 7) is -0.596. The van der Waals surface area contributed by atoms with E-state index in [2.05, 4.69) is 12.6 Å². The van der Waals surface area contributed by atoms with Crippen LogP contribution in [0.1, 0.15) is 11.7 Å². The molecule has 0 fully saturated rings. The fourth-order valence-corrected chi connectivity index (χ4v) is 1.45. The number of rotatable bonds is 4. The van der Waals surface area contributed by atoms with Gasteiger partial charge in [-0.25, -0.2) is 4.39 Å². The normalized spacial score (nSPS) is 15.1. The van der Waals surface area contributed by atoms with E-state index in [1.807, 2.05) is 24.3 Å². The maximum atomic E-state index is 12.4. The van der Waals surface area contributed by atoms with Crippen molar-refractivity contribution in [1.29, 1.82) is 0 Å². The van der Waals surface area contributed by atoms with Crippen molar-refractivity contribution in [2.24, 2.45) is 5.73 Å². The lowest BCUT2D eigenvalue weighted by Crippen LogP contribution is -2.31. The Morgan fingerprint density at radius 3 is 2.43 bits per heavy atom. The smallest absolute Gasteiger partial charge is 0.107 e. The molecule has 2 nitrogen and oxygen atoms in total. The minimum absolute atomic E-state index is 0.395. The molecule has 0 aliphatic rings. The van der Waals surface area contributed by atoms with Gasteiger partial charge in [0.05, 0.1) is 12.1 Å². The lowest BCUT2D eigenvalue weighted by molar-refractivity contribution is 0.0720.